The van der Waals surface area contributed by atoms with Gasteiger partial charge in [0.2, 0.25) is 12.3 Å². The van der Waals surface area contributed by atoms with E-state index in [9.17, 15) is 28.8 Å². The van der Waals surface area contributed by atoms with Crippen molar-refractivity contribution < 1.29 is 52.2 Å². The minimum atomic E-state index is -0.578. The zero-order valence-corrected chi connectivity index (χ0v) is 33.9. The number of methoxy groups -OCH3 is 2. The smallest absolute Gasteiger partial charge is 0.305 e. The Morgan fingerprint density at radius 2 is 1.58 bits per heavy atom. The monoisotopic (exact) mass is 791 g/mol. The Kier molecular flexibility index (Phi) is 19.5. The van der Waals surface area contributed by atoms with Crippen molar-refractivity contribution in [3.8, 4) is 17.1 Å². The number of amides is 3. The van der Waals surface area contributed by atoms with Crippen LogP contribution in [0.2, 0.25) is 0 Å². The van der Waals surface area contributed by atoms with Crippen LogP contribution in [0.5, 0.6) is 5.75 Å². The van der Waals surface area contributed by atoms with Gasteiger partial charge >= 0.3 is 11.9 Å². The van der Waals surface area contributed by atoms with E-state index >= 15 is 0 Å². The maximum Gasteiger partial charge on any atom is 0.305 e. The number of esters is 2. The Hall–Kier alpha value is -5.50. The van der Waals surface area contributed by atoms with Crippen molar-refractivity contribution in [1.82, 2.24) is 15.7 Å². The van der Waals surface area contributed by atoms with E-state index in [0.717, 1.165) is 24.8 Å². The molecule has 0 radical (unpaired) electrons. The molecule has 57 heavy (non-hydrogen) atoms. The molecule has 14 nitrogen and oxygen atoms in total. The van der Waals surface area contributed by atoms with Gasteiger partial charge in [0.25, 0.3) is 5.91 Å². The third-order valence-electron chi connectivity index (χ3n) is 9.82. The number of carbonyl (C=O) groups excluding carboxylic acids is 6. The van der Waals surface area contributed by atoms with Crippen LogP contribution in [0.25, 0.3) is 11.3 Å². The molecule has 1 heterocycles. The Bertz CT molecular complexity index is 1760. The van der Waals surface area contributed by atoms with Crippen LogP contribution in [0.1, 0.15) is 106 Å². The lowest BCUT2D eigenvalue weighted by molar-refractivity contribution is -0.200. The summed E-state index contributed by atoms with van der Waals surface area (Å²) in [6.45, 7) is 7.78. The lowest BCUT2D eigenvalue weighted by Crippen LogP contribution is -2.48. The Labute approximate surface area is 334 Å². The molecule has 0 aliphatic rings. The maximum atomic E-state index is 13.6. The van der Waals surface area contributed by atoms with Crippen molar-refractivity contribution in [3.05, 3.63) is 77.6 Å². The van der Waals surface area contributed by atoms with Gasteiger partial charge in [-0.2, -0.15) is 0 Å². The van der Waals surface area contributed by atoms with E-state index in [1.165, 1.54) is 25.3 Å². The van der Waals surface area contributed by atoms with E-state index in [-0.39, 0.29) is 62.5 Å². The largest absolute Gasteiger partial charge is 0.493 e. The molecular weight excluding hydrogens is 734 g/mol. The Balaban J connectivity index is 1.69. The Morgan fingerprint density at radius 1 is 0.860 bits per heavy atom. The van der Waals surface area contributed by atoms with Crippen LogP contribution in [0, 0.1) is 17.8 Å². The first-order chi connectivity index (χ1) is 27.5. The maximum absolute atomic E-state index is 13.6. The molecule has 1 aromatic heterocycles. The summed E-state index contributed by atoms with van der Waals surface area (Å²) in [4.78, 5) is 82.3. The molecule has 0 saturated heterocycles. The summed E-state index contributed by atoms with van der Waals surface area (Å²) in [6.07, 6.45) is 4.23. The van der Waals surface area contributed by atoms with Gasteiger partial charge in [-0.05, 0) is 61.4 Å². The number of benzene rings is 2. The predicted octanol–water partition coefficient (Wildman–Crippen LogP) is 6.67. The Morgan fingerprint density at radius 3 is 2.23 bits per heavy atom. The molecule has 0 saturated carbocycles. The van der Waals surface area contributed by atoms with Crippen LogP contribution in [-0.4, -0.2) is 74.5 Å². The van der Waals surface area contributed by atoms with Gasteiger partial charge in [-0.15, -0.1) is 0 Å². The summed E-state index contributed by atoms with van der Waals surface area (Å²) in [5, 5.41) is 6.69. The SMILES string of the molecule is CCCCCC(C(=O)NCNC(=O)c1ccc(-c2ccc(C(=O)CC(CC(=O)OC)C(C)CC(=O)OC)c(OCC)c2)o1)C(CC)N(C=O)OCc1ccccc1. The van der Waals surface area contributed by atoms with E-state index in [4.69, 9.17) is 23.5 Å². The highest BCUT2D eigenvalue weighted by Gasteiger charge is 2.32. The fraction of sp³-hybridized carbons (Fsp3) is 0.488. The zero-order valence-electron chi connectivity index (χ0n) is 33.9. The molecule has 310 valence electrons. The van der Waals surface area contributed by atoms with Crippen LogP contribution in [0.15, 0.2) is 65.1 Å². The number of hydroxylamine groups is 2. The first kappa shape index (κ1) is 45.9. The van der Waals surface area contributed by atoms with Crippen LogP contribution in [-0.2, 0) is 40.1 Å². The molecule has 3 aromatic rings. The number of ether oxygens (including phenoxy) is 3. The number of furan rings is 1. The first-order valence-corrected chi connectivity index (χ1v) is 19.5. The minimum absolute atomic E-state index is 0.00465. The van der Waals surface area contributed by atoms with Crippen molar-refractivity contribution in [2.75, 3.05) is 27.5 Å². The third kappa shape index (κ3) is 14.2. The highest BCUT2D eigenvalue weighted by molar-refractivity contribution is 5.99. The number of Topliss-reactive ketones (excluding diaryl/α,β-unsaturated/α-hetero) is 1. The highest BCUT2D eigenvalue weighted by atomic mass is 16.7. The average molecular weight is 792 g/mol. The summed E-state index contributed by atoms with van der Waals surface area (Å²) < 4.78 is 21.3. The van der Waals surface area contributed by atoms with Crippen LogP contribution >= 0.6 is 0 Å². The molecule has 4 unspecified atom stereocenters. The van der Waals surface area contributed by atoms with Gasteiger partial charge in [-0.3, -0.25) is 33.6 Å². The molecule has 14 heteroatoms. The first-order valence-electron chi connectivity index (χ1n) is 19.5. The number of hydrogen-bond acceptors (Lipinski definition) is 11. The van der Waals surface area contributed by atoms with Crippen molar-refractivity contribution in [3.63, 3.8) is 0 Å². The van der Waals surface area contributed by atoms with Crippen LogP contribution < -0.4 is 15.4 Å². The van der Waals surface area contributed by atoms with Crippen molar-refractivity contribution in [2.24, 2.45) is 17.8 Å². The quantitative estimate of drug-likeness (QED) is 0.0222. The second-order valence-electron chi connectivity index (χ2n) is 13.8. The van der Waals surface area contributed by atoms with Gasteiger partial charge in [-0.1, -0.05) is 76.4 Å². The lowest BCUT2D eigenvalue weighted by Gasteiger charge is -2.32. The average Bonchev–Trinajstić information content (AvgIpc) is 3.72. The summed E-state index contributed by atoms with van der Waals surface area (Å²) in [7, 11) is 2.55. The lowest BCUT2D eigenvalue weighted by atomic mass is 9.83. The number of unbranched alkanes of at least 4 members (excludes halogenated alkanes) is 2. The van der Waals surface area contributed by atoms with Gasteiger partial charge in [0.15, 0.2) is 11.5 Å². The molecule has 2 N–H and O–H groups in total. The van der Waals surface area contributed by atoms with Gasteiger partial charge in [0.1, 0.15) is 18.1 Å². The number of nitrogens with zero attached hydrogens (tertiary/aromatic N) is 1. The van der Waals surface area contributed by atoms with E-state index in [2.05, 4.69) is 17.6 Å². The summed E-state index contributed by atoms with van der Waals surface area (Å²) in [5.74, 6) is -2.88. The van der Waals surface area contributed by atoms with E-state index in [0.29, 0.717) is 41.9 Å². The van der Waals surface area contributed by atoms with Gasteiger partial charge < -0.3 is 29.3 Å². The number of hydrogen-bond donors (Lipinski definition) is 2. The number of ketones is 1. The van der Waals surface area contributed by atoms with Gasteiger partial charge in [-0.25, -0.2) is 5.06 Å². The number of rotatable bonds is 26. The zero-order chi connectivity index (χ0) is 41.7. The number of nitrogens with one attached hydrogen (secondary N) is 2. The standard InChI is InChI=1S/C43H57N3O11/c1-7-10-12-17-33(35(8-2)46(28-47)56-26-30-15-13-11-14-16-30)42(51)44-27-45-43(52)38-21-20-37(57-38)31-18-19-34(39(24-31)55-9-3)36(48)23-32(25-41(50)54-6)29(4)22-40(49)53-5/h11,13-16,18-21,24,28-29,32-33,35H,7-10,12,17,22-23,25-27H2,1-6H3,(H,44,51)(H,45,52). The second-order valence-corrected chi connectivity index (χ2v) is 13.8. The molecule has 3 rings (SSSR count). The molecular formula is C43H57N3O11. The van der Waals surface area contributed by atoms with E-state index in [1.54, 1.807) is 38.1 Å². The van der Waals surface area contributed by atoms with E-state index in [1.807, 2.05) is 37.3 Å². The molecule has 0 spiro atoms. The fourth-order valence-corrected chi connectivity index (χ4v) is 6.54. The second kappa shape index (κ2) is 24.2. The fourth-order valence-electron chi connectivity index (χ4n) is 6.54. The van der Waals surface area contributed by atoms with Gasteiger partial charge in [0.05, 0.1) is 45.0 Å². The molecule has 0 aliphatic carbocycles. The van der Waals surface area contributed by atoms with Crippen LogP contribution in [0.4, 0.5) is 0 Å². The highest BCUT2D eigenvalue weighted by Crippen LogP contribution is 2.32. The molecule has 0 fully saturated rings. The van der Waals surface area contributed by atoms with Crippen molar-refractivity contribution in [2.45, 2.75) is 91.7 Å². The van der Waals surface area contributed by atoms with E-state index < -0.39 is 35.7 Å². The summed E-state index contributed by atoms with van der Waals surface area (Å²) >= 11 is 0. The molecule has 0 aliphatic heterocycles. The van der Waals surface area contributed by atoms with Crippen molar-refractivity contribution >= 4 is 35.9 Å². The van der Waals surface area contributed by atoms with Crippen LogP contribution in [0.3, 0.4) is 0 Å². The summed E-state index contributed by atoms with van der Waals surface area (Å²) in [5.41, 5.74) is 1.72. The minimum Gasteiger partial charge on any atom is -0.493 e. The third-order valence-corrected chi connectivity index (χ3v) is 9.82. The topological polar surface area (TPSA) is 180 Å². The number of carbonyl (C=O) groups is 6. The molecule has 3 amide bonds. The molecule has 0 bridgehead atoms. The normalized spacial score (nSPS) is 13.0. The van der Waals surface area contributed by atoms with Crippen molar-refractivity contribution in [1.29, 1.82) is 0 Å². The predicted molar refractivity (Wildman–Crippen MR) is 212 cm³/mol. The molecule has 4 atom stereocenters. The van der Waals surface area contributed by atoms with Gasteiger partial charge in [0, 0.05) is 24.8 Å². The summed E-state index contributed by atoms with van der Waals surface area (Å²) in [6, 6.07) is 16.9. The molecule has 2 aromatic carbocycles.